The Labute approximate surface area is 231 Å². The van der Waals surface area contributed by atoms with Crippen molar-refractivity contribution in [3.05, 3.63) is 0 Å². The maximum absolute atomic E-state index is 4.73. The van der Waals surface area contributed by atoms with Crippen LogP contribution in [0.25, 0.3) is 0 Å². The van der Waals surface area contributed by atoms with Crippen LogP contribution in [0.2, 0.25) is 78.6 Å². The van der Waals surface area contributed by atoms with Gasteiger partial charge >= 0.3 is 121 Å². The number of hydrogen-bond donors (Lipinski definition) is 0. The van der Waals surface area contributed by atoms with Crippen molar-refractivity contribution in [2.75, 3.05) is 0 Å². The summed E-state index contributed by atoms with van der Waals surface area (Å²) in [5, 5.41) is 0. The second-order valence-electron chi connectivity index (χ2n) is 6.00. The van der Waals surface area contributed by atoms with Crippen molar-refractivity contribution < 1.29 is 0 Å². The minimum atomic E-state index is 0.120. The zero-order valence-corrected chi connectivity index (χ0v) is 36.0. The van der Waals surface area contributed by atoms with Crippen molar-refractivity contribution >= 4 is 156 Å². The predicted molar refractivity (Wildman–Crippen MR) is 140 cm³/mol. The van der Waals surface area contributed by atoms with Crippen LogP contribution in [0.15, 0.2) is 0 Å². The topological polar surface area (TPSA) is 0 Å². The van der Waals surface area contributed by atoms with Gasteiger partial charge in [-0.1, -0.05) is 78.6 Å². The van der Waals surface area contributed by atoms with Gasteiger partial charge in [-0.15, -0.1) is 0 Å². The number of rotatable bonds is 0. The summed E-state index contributed by atoms with van der Waals surface area (Å²) in [5.74, 6) is 0. The van der Waals surface area contributed by atoms with Gasteiger partial charge in [0, 0.05) is 35.2 Å². The van der Waals surface area contributed by atoms with Crippen LogP contribution in [-0.2, 0) is 0 Å². The van der Waals surface area contributed by atoms with Crippen LogP contribution in [-0.4, -0.2) is 121 Å². The molecule has 0 atom stereocenters. The Balaban J connectivity index is -0.0000000208. The molecule has 16 radical (unpaired) electrons. The SMILES string of the molecule is C[Si](C)C.C[Si](C)C.C[Si](C)C.C[Si](C)C.[Cl][Sn].[Cl][Sn].[Cl][Sn].[Cl][Sn]. The normalized spacial score (nSPS) is 7.00. The Kier molecular flexibility index (Phi) is 152. The van der Waals surface area contributed by atoms with Crippen LogP contribution in [0.5, 0.6) is 0 Å². The Morgan fingerprint density at radius 3 is 0.292 bits per heavy atom. The number of halogens is 4. The fraction of sp³-hybridized carbons (Fsp3) is 1.00. The predicted octanol–water partition coefficient (Wildman–Crippen LogP) is 6.72. The summed E-state index contributed by atoms with van der Waals surface area (Å²) in [6, 6.07) is 0. The van der Waals surface area contributed by atoms with E-state index in [9.17, 15) is 0 Å². The standard InChI is InChI=1S/4C3H9Si.4ClH.4Sn/c4*1-4(2)3;;;;;;;;/h4*1-3H3;4*1H;;;;/q;;;;;;;;4*+1/p-4. The summed E-state index contributed by atoms with van der Waals surface area (Å²) in [4.78, 5) is 0. The molecule has 0 nitrogen and oxygen atoms in total. The number of hydrogen-bond acceptors (Lipinski definition) is 0. The van der Waals surface area contributed by atoms with E-state index in [1.807, 2.05) is 0 Å². The summed E-state index contributed by atoms with van der Waals surface area (Å²) in [6.07, 6.45) is 0. The van der Waals surface area contributed by atoms with Crippen LogP contribution >= 0.6 is 35.7 Å². The van der Waals surface area contributed by atoms with E-state index in [-0.39, 0.29) is 35.2 Å². The van der Waals surface area contributed by atoms with E-state index in [2.05, 4.69) is 78.6 Å². The molecule has 0 saturated carbocycles. The van der Waals surface area contributed by atoms with E-state index in [1.165, 1.54) is 0 Å². The molecule has 0 rings (SSSR count). The van der Waals surface area contributed by atoms with Crippen molar-refractivity contribution in [3.63, 3.8) is 0 Å². The van der Waals surface area contributed by atoms with Crippen LogP contribution in [0.1, 0.15) is 0 Å². The van der Waals surface area contributed by atoms with E-state index in [4.69, 9.17) is 35.7 Å². The van der Waals surface area contributed by atoms with Gasteiger partial charge < -0.3 is 0 Å². The Bertz CT molecular complexity index is 86.0. The molecule has 144 valence electrons. The van der Waals surface area contributed by atoms with Crippen molar-refractivity contribution in [3.8, 4) is 0 Å². The summed E-state index contributed by atoms with van der Waals surface area (Å²) in [6.45, 7) is 27.2. The van der Waals surface area contributed by atoms with Gasteiger partial charge in [0.05, 0.1) is 0 Å². The molecule has 24 heavy (non-hydrogen) atoms. The third kappa shape index (κ3) is 686. The molecular weight excluding hydrogens is 873 g/mol. The molecule has 0 aliphatic rings. The first-order chi connectivity index (χ1) is 10.9. The average molecular weight is 909 g/mol. The molecule has 0 amide bonds. The van der Waals surface area contributed by atoms with Gasteiger partial charge in [-0.25, -0.2) is 0 Å². The van der Waals surface area contributed by atoms with Crippen molar-refractivity contribution in [2.24, 2.45) is 0 Å². The van der Waals surface area contributed by atoms with Gasteiger partial charge in [0.15, 0.2) is 0 Å². The molecule has 0 saturated heterocycles. The van der Waals surface area contributed by atoms with E-state index in [1.54, 1.807) is 0 Å². The third-order valence-electron chi connectivity index (χ3n) is 0. The first-order valence-electron chi connectivity index (χ1n) is 6.76. The first-order valence-corrected chi connectivity index (χ1v) is 33.2. The maximum atomic E-state index is 4.73. The fourth-order valence-electron chi connectivity index (χ4n) is 0. The molecular formula is C12H36Cl4Si4Sn4. The third-order valence-corrected chi connectivity index (χ3v) is 0. The van der Waals surface area contributed by atoms with Crippen molar-refractivity contribution in [1.29, 1.82) is 0 Å². The van der Waals surface area contributed by atoms with Gasteiger partial charge in [0.2, 0.25) is 0 Å². The van der Waals surface area contributed by atoms with Gasteiger partial charge in [0.25, 0.3) is 0 Å². The molecule has 0 spiro atoms. The quantitative estimate of drug-likeness (QED) is 0.237. The molecule has 0 N–H and O–H groups in total. The van der Waals surface area contributed by atoms with Crippen LogP contribution < -0.4 is 0 Å². The summed E-state index contributed by atoms with van der Waals surface area (Å²) >= 11 is 4.09. The Hall–Kier alpha value is 5.22. The molecule has 0 aromatic heterocycles. The minimum absolute atomic E-state index is 0.120. The average Bonchev–Trinajstić information content (AvgIpc) is 2.44. The molecule has 12 heteroatoms. The van der Waals surface area contributed by atoms with Crippen molar-refractivity contribution in [1.82, 2.24) is 0 Å². The van der Waals surface area contributed by atoms with E-state index >= 15 is 0 Å². The molecule has 0 aliphatic carbocycles. The Morgan fingerprint density at radius 1 is 0.292 bits per heavy atom. The van der Waals surface area contributed by atoms with E-state index in [0.717, 1.165) is 85.6 Å². The van der Waals surface area contributed by atoms with Gasteiger partial charge in [-0.05, 0) is 0 Å². The van der Waals surface area contributed by atoms with Crippen molar-refractivity contribution in [2.45, 2.75) is 78.6 Å². The van der Waals surface area contributed by atoms with Crippen LogP contribution in [0, 0.1) is 0 Å². The fourth-order valence-corrected chi connectivity index (χ4v) is 0. The summed E-state index contributed by atoms with van der Waals surface area (Å²) in [7, 11) is 19.4. The molecule has 0 aliphatic heterocycles. The van der Waals surface area contributed by atoms with Gasteiger partial charge in [-0.3, -0.25) is 0 Å². The molecule has 0 fully saturated rings. The van der Waals surface area contributed by atoms with Gasteiger partial charge in [-0.2, -0.15) is 0 Å². The van der Waals surface area contributed by atoms with E-state index < -0.39 is 0 Å². The molecule has 0 bridgehead atoms. The summed E-state index contributed by atoms with van der Waals surface area (Å²) < 4.78 is 0. The van der Waals surface area contributed by atoms with E-state index in [0.29, 0.717) is 0 Å². The second-order valence-corrected chi connectivity index (χ2v) is 18.0. The molecule has 0 aromatic rings. The zero-order valence-electron chi connectivity index (χ0n) is 17.5. The summed E-state index contributed by atoms with van der Waals surface area (Å²) in [5.41, 5.74) is 0. The zero-order chi connectivity index (χ0) is 22.3. The van der Waals surface area contributed by atoms with Gasteiger partial charge in [0.1, 0.15) is 0 Å². The monoisotopic (exact) mass is 912 g/mol. The molecule has 0 aromatic carbocycles. The second kappa shape index (κ2) is 70.5. The van der Waals surface area contributed by atoms with Crippen LogP contribution in [0.3, 0.4) is 0 Å². The van der Waals surface area contributed by atoms with Crippen LogP contribution in [0.4, 0.5) is 0 Å². The molecule has 0 unspecified atom stereocenters. The molecule has 0 heterocycles. The Morgan fingerprint density at radius 2 is 0.292 bits per heavy atom. The first kappa shape index (κ1) is 51.7.